The van der Waals surface area contributed by atoms with Crippen LogP contribution >= 0.6 is 11.6 Å². The molecule has 16 heteroatoms. The van der Waals surface area contributed by atoms with E-state index in [1.807, 2.05) is 0 Å². The smallest absolute Gasteiger partial charge is 0.247 e. The number of amides is 1. The summed E-state index contributed by atoms with van der Waals surface area (Å²) in [4.78, 5) is 18.0. The van der Waals surface area contributed by atoms with Gasteiger partial charge in [0.1, 0.15) is 61.7 Å². The topological polar surface area (TPSA) is 189 Å². The first-order valence-electron chi connectivity index (χ1n) is 14.7. The van der Waals surface area contributed by atoms with E-state index in [0.717, 1.165) is 12.1 Å². The molecule has 13 nitrogen and oxygen atoms in total. The van der Waals surface area contributed by atoms with Crippen molar-refractivity contribution in [2.24, 2.45) is 5.16 Å². The molecule has 3 fully saturated rings. The van der Waals surface area contributed by atoms with E-state index in [-0.39, 0.29) is 59.6 Å². The van der Waals surface area contributed by atoms with E-state index in [2.05, 4.69) is 10.5 Å². The SMILES string of the molecule is C/C(=N/OCCc1c(F)ccc(Cl)c1F)[C@H]1O[C@@H](Oc2ccc(/C=C(\C)C(=O)N[C@@H]3[C@H](O)[C@@H](O)[C@H]4OCO[C@H]4[C@@H]3O)cc2O)C[C@@H]1O. The summed E-state index contributed by atoms with van der Waals surface area (Å²) in [5.74, 6) is -2.51. The lowest BCUT2D eigenvalue weighted by Crippen LogP contribution is -2.67. The van der Waals surface area contributed by atoms with Crippen LogP contribution in [0, 0.1) is 11.6 Å². The van der Waals surface area contributed by atoms with Gasteiger partial charge in [0, 0.05) is 24.0 Å². The molecular weight excluding hydrogens is 650 g/mol. The van der Waals surface area contributed by atoms with Gasteiger partial charge in [-0.2, -0.15) is 0 Å². The first-order chi connectivity index (χ1) is 22.3. The number of rotatable bonds is 10. The van der Waals surface area contributed by atoms with Crippen LogP contribution in [0.4, 0.5) is 8.78 Å². The fraction of sp³-hybridized carbons (Fsp3) is 0.484. The van der Waals surface area contributed by atoms with Gasteiger partial charge >= 0.3 is 0 Å². The van der Waals surface area contributed by atoms with Crippen molar-refractivity contribution in [2.45, 2.75) is 81.7 Å². The Morgan fingerprint density at radius 2 is 1.81 bits per heavy atom. The van der Waals surface area contributed by atoms with Crippen LogP contribution in [0.15, 0.2) is 41.1 Å². The molecular formula is C31H35ClF2N2O11. The van der Waals surface area contributed by atoms with Crippen molar-refractivity contribution in [3.05, 3.63) is 63.7 Å². The number of hydrogen-bond acceptors (Lipinski definition) is 12. The number of halogens is 3. The lowest BCUT2D eigenvalue weighted by molar-refractivity contribution is -0.155. The molecule has 9 atom stereocenters. The second kappa shape index (κ2) is 14.8. The number of phenols is 1. The van der Waals surface area contributed by atoms with E-state index in [1.54, 1.807) is 13.0 Å². The summed E-state index contributed by atoms with van der Waals surface area (Å²) in [6.07, 6.45) is -7.58. The van der Waals surface area contributed by atoms with Crippen LogP contribution in [0.5, 0.6) is 11.5 Å². The van der Waals surface area contributed by atoms with Crippen molar-refractivity contribution in [3.8, 4) is 11.5 Å². The molecule has 256 valence electrons. The summed E-state index contributed by atoms with van der Waals surface area (Å²) in [6, 6.07) is 5.29. The minimum absolute atomic E-state index is 0.0309. The standard InChI is InChI=1S/C31H35ClF2N2O11/c1-13(31(42)35-24-25(39)27(41)30-29(26(24)40)43-12-44-30)9-15-3-6-21(19(37)10-15)46-22-11-20(38)28(47-22)14(2)36-45-8-7-16-18(33)5-4-17(32)23(16)34/h3-6,9-10,20,22,24-30,37-41H,7-8,11-12H2,1-2H3,(H,35,42)/b13-9+,36-14-/t20-,22+,24+,25-,26+,27+,28+,29-,30+/m0/s1. The third-order valence-corrected chi connectivity index (χ3v) is 8.46. The second-order valence-electron chi connectivity index (χ2n) is 11.5. The monoisotopic (exact) mass is 684 g/mol. The molecule has 5 rings (SSSR count). The van der Waals surface area contributed by atoms with Crippen molar-refractivity contribution >= 4 is 29.3 Å². The molecule has 0 radical (unpaired) electrons. The Bertz CT molecular complexity index is 1530. The van der Waals surface area contributed by atoms with Gasteiger partial charge in [-0.05, 0) is 49.8 Å². The minimum atomic E-state index is -1.50. The first-order valence-corrected chi connectivity index (χ1v) is 15.1. The maximum atomic E-state index is 14.1. The van der Waals surface area contributed by atoms with E-state index >= 15 is 0 Å². The predicted octanol–water partition coefficient (Wildman–Crippen LogP) is 1.54. The summed E-state index contributed by atoms with van der Waals surface area (Å²) in [5, 5.41) is 58.6. The van der Waals surface area contributed by atoms with E-state index in [1.165, 1.54) is 25.1 Å². The number of aromatic hydroxyl groups is 1. The molecule has 2 aromatic rings. The van der Waals surface area contributed by atoms with Crippen molar-refractivity contribution in [3.63, 3.8) is 0 Å². The first kappa shape index (κ1) is 34.9. The molecule has 2 saturated heterocycles. The largest absolute Gasteiger partial charge is 0.504 e. The average molecular weight is 685 g/mol. The van der Waals surface area contributed by atoms with Crippen LogP contribution in [0.3, 0.4) is 0 Å². The maximum absolute atomic E-state index is 14.1. The number of nitrogens with one attached hydrogen (secondary N) is 1. The Balaban J connectivity index is 1.14. The van der Waals surface area contributed by atoms with Gasteiger partial charge in [0.15, 0.2) is 11.5 Å². The maximum Gasteiger partial charge on any atom is 0.247 e. The van der Waals surface area contributed by atoms with Crippen LogP contribution in [0.2, 0.25) is 5.02 Å². The Morgan fingerprint density at radius 1 is 1.09 bits per heavy atom. The van der Waals surface area contributed by atoms with Gasteiger partial charge in [0.2, 0.25) is 12.2 Å². The third kappa shape index (κ3) is 7.68. The molecule has 2 aromatic carbocycles. The Morgan fingerprint density at radius 3 is 2.53 bits per heavy atom. The summed E-state index contributed by atoms with van der Waals surface area (Å²) in [6.45, 7) is 2.71. The van der Waals surface area contributed by atoms with E-state index in [9.17, 15) is 39.1 Å². The lowest BCUT2D eigenvalue weighted by atomic mass is 9.83. The number of aliphatic hydroxyl groups is 4. The molecule has 47 heavy (non-hydrogen) atoms. The quantitative estimate of drug-likeness (QED) is 0.0700. The van der Waals surface area contributed by atoms with E-state index in [0.29, 0.717) is 5.56 Å². The number of aliphatic hydroxyl groups excluding tert-OH is 4. The van der Waals surface area contributed by atoms with Gasteiger partial charge in [-0.3, -0.25) is 4.79 Å². The Hall–Kier alpha value is -3.41. The zero-order valence-electron chi connectivity index (χ0n) is 25.3. The molecule has 6 N–H and O–H groups in total. The number of hydrogen-bond donors (Lipinski definition) is 6. The highest BCUT2D eigenvalue weighted by Crippen LogP contribution is 2.33. The van der Waals surface area contributed by atoms with Crippen molar-refractivity contribution in [1.82, 2.24) is 5.32 Å². The summed E-state index contributed by atoms with van der Waals surface area (Å²) in [7, 11) is 0. The fourth-order valence-electron chi connectivity index (χ4n) is 5.63. The average Bonchev–Trinajstić information content (AvgIpc) is 3.68. The highest BCUT2D eigenvalue weighted by molar-refractivity contribution is 6.30. The highest BCUT2D eigenvalue weighted by atomic mass is 35.5. The molecule has 2 aliphatic heterocycles. The van der Waals surface area contributed by atoms with Crippen LogP contribution < -0.4 is 10.1 Å². The zero-order valence-corrected chi connectivity index (χ0v) is 26.0. The molecule has 1 amide bonds. The van der Waals surface area contributed by atoms with Gasteiger partial charge in [-0.25, -0.2) is 8.78 Å². The fourth-order valence-corrected chi connectivity index (χ4v) is 5.81. The number of fused-ring (bicyclic) bond motifs is 1. The number of benzene rings is 2. The van der Waals surface area contributed by atoms with Crippen LogP contribution in [0.1, 0.15) is 31.4 Å². The predicted molar refractivity (Wildman–Crippen MR) is 160 cm³/mol. The van der Waals surface area contributed by atoms with Gasteiger partial charge in [-0.1, -0.05) is 22.8 Å². The normalized spacial score (nSPS) is 31.0. The third-order valence-electron chi connectivity index (χ3n) is 8.17. The highest BCUT2D eigenvalue weighted by Gasteiger charge is 2.53. The summed E-state index contributed by atoms with van der Waals surface area (Å²) >= 11 is 5.70. The zero-order chi connectivity index (χ0) is 34.0. The van der Waals surface area contributed by atoms with Crippen LogP contribution in [0.25, 0.3) is 6.08 Å². The molecule has 0 spiro atoms. The van der Waals surface area contributed by atoms with Gasteiger partial charge < -0.3 is 54.6 Å². The molecule has 2 heterocycles. The lowest BCUT2D eigenvalue weighted by Gasteiger charge is -2.41. The number of oxime groups is 1. The van der Waals surface area contributed by atoms with Crippen molar-refractivity contribution in [2.75, 3.05) is 13.4 Å². The number of carbonyl (C=O) groups is 1. The molecule has 1 aliphatic carbocycles. The Kier molecular flexibility index (Phi) is 11.0. The van der Waals surface area contributed by atoms with E-state index < -0.39 is 72.6 Å². The number of ether oxygens (including phenoxy) is 4. The summed E-state index contributed by atoms with van der Waals surface area (Å²) < 4.78 is 49.9. The molecule has 0 bridgehead atoms. The van der Waals surface area contributed by atoms with Crippen LogP contribution in [-0.2, 0) is 30.3 Å². The molecule has 0 aromatic heterocycles. The number of carbonyl (C=O) groups excluding carboxylic acids is 1. The van der Waals surface area contributed by atoms with Crippen molar-refractivity contribution < 1.29 is 62.9 Å². The van der Waals surface area contributed by atoms with Gasteiger partial charge in [0.05, 0.1) is 22.9 Å². The van der Waals surface area contributed by atoms with Gasteiger partial charge in [-0.15, -0.1) is 0 Å². The molecule has 1 saturated carbocycles. The van der Waals surface area contributed by atoms with Gasteiger partial charge in [0.25, 0.3) is 0 Å². The second-order valence-corrected chi connectivity index (χ2v) is 11.9. The number of nitrogens with zero attached hydrogens (tertiary/aromatic N) is 1. The van der Waals surface area contributed by atoms with Crippen LogP contribution in [-0.4, -0.2) is 106 Å². The summed E-state index contributed by atoms with van der Waals surface area (Å²) in [5.41, 5.74) is 0.606. The van der Waals surface area contributed by atoms with Crippen molar-refractivity contribution in [1.29, 1.82) is 0 Å². The Labute approximate surface area is 272 Å². The number of phenolic OH excluding ortho intramolecular Hbond substituents is 1. The molecule has 0 unspecified atom stereocenters. The minimum Gasteiger partial charge on any atom is -0.504 e. The molecule has 3 aliphatic rings. The van der Waals surface area contributed by atoms with E-state index in [4.69, 9.17) is 35.4 Å².